The number of aromatic hydroxyl groups is 2. The van der Waals surface area contributed by atoms with E-state index in [-0.39, 0.29) is 62.0 Å². The molecular weight excluding hydrogens is 782 g/mol. The van der Waals surface area contributed by atoms with Gasteiger partial charge in [-0.25, -0.2) is 4.79 Å². The fourth-order valence-electron chi connectivity index (χ4n) is 5.94. The second kappa shape index (κ2) is 24.5. The zero-order valence-corrected chi connectivity index (χ0v) is 34.2. The number of aliphatic carboxylic acids is 2. The van der Waals surface area contributed by atoms with Crippen LogP contribution in [0.2, 0.25) is 0 Å². The molecule has 0 spiro atoms. The third kappa shape index (κ3) is 17.6. The predicted molar refractivity (Wildman–Crippen MR) is 220 cm³/mol. The number of nitrogens with one attached hydrogen (secondary N) is 5. The minimum absolute atomic E-state index is 0.00661. The van der Waals surface area contributed by atoms with E-state index in [0.717, 1.165) is 0 Å². The lowest BCUT2D eigenvalue weighted by molar-refractivity contribution is -0.144. The van der Waals surface area contributed by atoms with Crippen molar-refractivity contribution in [3.63, 3.8) is 0 Å². The van der Waals surface area contributed by atoms with Crippen molar-refractivity contribution in [1.82, 2.24) is 26.6 Å². The van der Waals surface area contributed by atoms with Crippen LogP contribution >= 0.6 is 0 Å². The zero-order chi connectivity index (χ0) is 45.1. The van der Waals surface area contributed by atoms with Crippen LogP contribution in [0.5, 0.6) is 11.5 Å². The molecule has 0 radical (unpaired) electrons. The summed E-state index contributed by atoms with van der Waals surface area (Å²) in [6.07, 6.45) is -0.377. The van der Waals surface area contributed by atoms with Crippen molar-refractivity contribution in [1.29, 1.82) is 0 Å². The normalized spacial score (nSPS) is 14.5. The molecule has 0 fully saturated rings. The summed E-state index contributed by atoms with van der Waals surface area (Å²) < 4.78 is 0. The van der Waals surface area contributed by atoms with E-state index < -0.39 is 90.1 Å². The van der Waals surface area contributed by atoms with Crippen LogP contribution in [0, 0.1) is 11.8 Å². The van der Waals surface area contributed by atoms with E-state index in [1.54, 1.807) is 27.7 Å². The van der Waals surface area contributed by atoms with E-state index in [4.69, 9.17) is 22.3 Å². The zero-order valence-electron chi connectivity index (χ0n) is 34.2. The van der Waals surface area contributed by atoms with Gasteiger partial charge in [-0.15, -0.1) is 0 Å². The van der Waals surface area contributed by atoms with Gasteiger partial charge in [0.1, 0.15) is 41.7 Å². The predicted octanol–water partition coefficient (Wildman–Crippen LogP) is -0.661. The standard InChI is InChI=1S/C40H59N9O11/c1-5-22(4)33(39(59)60)49-35(55)28(7-6-16-44-40(42)43)45-36(56)29(17-21(2)3)47-38(58)31(19-24-10-14-26(51)15-11-24)48-37(57)30(18-23-8-12-25(50)13-9-23)46-34(54)27(41)20-32(52)53/h8-15,21-22,27-31,33,50-51H,5-7,16-20,41H2,1-4H3,(H,45,56)(H,46,54)(H,47,58)(H,48,57)(H,49,55)(H,52,53)(H,59,60)(H4,42,43,44)/t22-,27-,28-,29-,30-,31-,33-/m0/s1. The number of rotatable bonds is 25. The number of amides is 5. The number of hydrogen-bond donors (Lipinski definition) is 12. The molecule has 60 heavy (non-hydrogen) atoms. The summed E-state index contributed by atoms with van der Waals surface area (Å²) in [7, 11) is 0. The monoisotopic (exact) mass is 841 g/mol. The Morgan fingerprint density at radius 2 is 1.08 bits per heavy atom. The molecular formula is C40H59N9O11. The number of guanidine groups is 1. The van der Waals surface area contributed by atoms with Crippen LogP contribution in [0.1, 0.15) is 70.9 Å². The van der Waals surface area contributed by atoms with Gasteiger partial charge in [-0.1, -0.05) is 58.4 Å². The Hall–Kier alpha value is -6.44. The van der Waals surface area contributed by atoms with Gasteiger partial charge in [0.25, 0.3) is 0 Å². The molecule has 0 aliphatic rings. The molecule has 0 heterocycles. The van der Waals surface area contributed by atoms with Gasteiger partial charge in [0.05, 0.1) is 12.5 Å². The number of hydrogen-bond acceptors (Lipinski definition) is 11. The second-order valence-corrected chi connectivity index (χ2v) is 15.0. The number of nitrogens with two attached hydrogens (primary N) is 3. The van der Waals surface area contributed by atoms with Gasteiger partial charge in [0.15, 0.2) is 5.96 Å². The molecule has 0 bridgehead atoms. The lowest BCUT2D eigenvalue weighted by Crippen LogP contribution is -2.60. The Morgan fingerprint density at radius 1 is 0.650 bits per heavy atom. The molecule has 20 heteroatoms. The largest absolute Gasteiger partial charge is 0.508 e. The minimum Gasteiger partial charge on any atom is -0.508 e. The van der Waals surface area contributed by atoms with Crippen LogP contribution in [0.3, 0.4) is 0 Å². The summed E-state index contributed by atoms with van der Waals surface area (Å²) in [4.78, 5) is 95.9. The van der Waals surface area contributed by atoms with Crippen molar-refractivity contribution < 1.29 is 54.0 Å². The maximum absolute atomic E-state index is 14.2. The first kappa shape index (κ1) is 49.7. The maximum atomic E-state index is 14.2. The summed E-state index contributed by atoms with van der Waals surface area (Å²) in [5.41, 5.74) is 17.6. The average Bonchev–Trinajstić information content (AvgIpc) is 3.17. The van der Waals surface area contributed by atoms with Crippen LogP contribution in [0.15, 0.2) is 53.5 Å². The SMILES string of the molecule is CC[C@H](C)[C@H](NC(=O)[C@H](CCCN=C(N)N)NC(=O)[C@H](CC(C)C)NC(=O)[C@H](Cc1ccc(O)cc1)NC(=O)[C@H](Cc1ccc(O)cc1)NC(=O)[C@@H](N)CC(=O)O)C(=O)O. The smallest absolute Gasteiger partial charge is 0.326 e. The van der Waals surface area contributed by atoms with Crippen LogP contribution in [0.4, 0.5) is 0 Å². The molecule has 0 aliphatic heterocycles. The highest BCUT2D eigenvalue weighted by molar-refractivity contribution is 5.97. The molecule has 2 aromatic rings. The molecule has 330 valence electrons. The molecule has 15 N–H and O–H groups in total. The van der Waals surface area contributed by atoms with Crippen molar-refractivity contribution >= 4 is 47.4 Å². The summed E-state index contributed by atoms with van der Waals surface area (Å²) in [6.45, 7) is 7.10. The van der Waals surface area contributed by atoms with E-state index in [0.29, 0.717) is 17.5 Å². The maximum Gasteiger partial charge on any atom is 0.326 e. The van der Waals surface area contributed by atoms with Crippen LogP contribution in [0.25, 0.3) is 0 Å². The molecule has 5 amide bonds. The first-order chi connectivity index (χ1) is 28.2. The van der Waals surface area contributed by atoms with Crippen LogP contribution in [-0.4, -0.2) is 111 Å². The molecule has 2 aromatic carbocycles. The fourth-order valence-corrected chi connectivity index (χ4v) is 5.94. The summed E-state index contributed by atoms with van der Waals surface area (Å²) in [5, 5.41) is 51.5. The number of carboxylic acids is 2. The number of benzene rings is 2. The summed E-state index contributed by atoms with van der Waals surface area (Å²) in [6, 6.07) is 3.31. The van der Waals surface area contributed by atoms with Crippen LogP contribution in [-0.2, 0) is 46.4 Å². The Balaban J connectivity index is 2.48. The van der Waals surface area contributed by atoms with E-state index in [1.807, 2.05) is 0 Å². The van der Waals surface area contributed by atoms with E-state index in [1.165, 1.54) is 48.5 Å². The van der Waals surface area contributed by atoms with Crippen LogP contribution < -0.4 is 43.8 Å². The number of phenols is 2. The van der Waals surface area contributed by atoms with Gasteiger partial charge >= 0.3 is 11.9 Å². The van der Waals surface area contributed by atoms with E-state index in [9.17, 15) is 48.9 Å². The number of carboxylic acid groups (broad SMARTS) is 2. The highest BCUT2D eigenvalue weighted by Crippen LogP contribution is 2.16. The Kier molecular flexibility index (Phi) is 20.3. The number of carbonyl (C=O) groups is 7. The lowest BCUT2D eigenvalue weighted by atomic mass is 9.98. The molecule has 2 rings (SSSR count). The number of aliphatic imine (C=N–C) groups is 1. The first-order valence-corrected chi connectivity index (χ1v) is 19.5. The van der Waals surface area contributed by atoms with E-state index >= 15 is 0 Å². The molecule has 0 saturated carbocycles. The minimum atomic E-state index is -1.52. The van der Waals surface area contributed by atoms with Gasteiger partial charge in [-0.2, -0.15) is 0 Å². The number of nitrogens with zero attached hydrogens (tertiary/aromatic N) is 1. The van der Waals surface area contributed by atoms with Crippen molar-refractivity contribution in [3.8, 4) is 11.5 Å². The third-order valence-corrected chi connectivity index (χ3v) is 9.44. The van der Waals surface area contributed by atoms with Crippen molar-refractivity contribution in [2.75, 3.05) is 6.54 Å². The molecule has 7 atom stereocenters. The summed E-state index contributed by atoms with van der Waals surface area (Å²) >= 11 is 0. The second-order valence-electron chi connectivity index (χ2n) is 15.0. The van der Waals surface area contributed by atoms with Crippen molar-refractivity contribution in [3.05, 3.63) is 59.7 Å². The molecule has 0 saturated heterocycles. The molecule has 0 unspecified atom stereocenters. The summed E-state index contributed by atoms with van der Waals surface area (Å²) in [5.74, 6) is -7.82. The van der Waals surface area contributed by atoms with E-state index in [2.05, 4.69) is 31.6 Å². The first-order valence-electron chi connectivity index (χ1n) is 19.5. The van der Waals surface area contributed by atoms with Crippen molar-refractivity contribution in [2.45, 2.75) is 109 Å². The number of phenolic OH excluding ortho intramolecular Hbond substituents is 2. The van der Waals surface area contributed by atoms with Gasteiger partial charge in [0.2, 0.25) is 29.5 Å². The highest BCUT2D eigenvalue weighted by atomic mass is 16.4. The lowest BCUT2D eigenvalue weighted by Gasteiger charge is -2.28. The fraction of sp³-hybridized carbons (Fsp3) is 0.500. The number of carbonyl (C=O) groups excluding carboxylic acids is 5. The average molecular weight is 842 g/mol. The Morgan fingerprint density at radius 3 is 1.52 bits per heavy atom. The topological polar surface area (TPSA) is 351 Å². The van der Waals surface area contributed by atoms with Gasteiger partial charge in [-0.05, 0) is 66.5 Å². The van der Waals surface area contributed by atoms with Crippen molar-refractivity contribution in [2.24, 2.45) is 34.0 Å². The van der Waals surface area contributed by atoms with Gasteiger partial charge in [-0.3, -0.25) is 33.8 Å². The quantitative estimate of drug-likeness (QED) is 0.0336. The molecule has 20 nitrogen and oxygen atoms in total. The van der Waals surface area contributed by atoms with Gasteiger partial charge < -0.3 is 64.2 Å². The highest BCUT2D eigenvalue weighted by Gasteiger charge is 2.34. The Bertz CT molecular complexity index is 1800. The third-order valence-electron chi connectivity index (χ3n) is 9.44. The Labute approximate surface area is 348 Å². The molecule has 0 aromatic heterocycles. The van der Waals surface area contributed by atoms with Gasteiger partial charge in [0, 0.05) is 19.4 Å². The molecule has 0 aliphatic carbocycles.